The first-order chi connectivity index (χ1) is 15.6. The van der Waals surface area contributed by atoms with Gasteiger partial charge in [0, 0.05) is 9.65 Å². The molecule has 172 valence electrons. The summed E-state index contributed by atoms with van der Waals surface area (Å²) in [7, 11) is 0. The Morgan fingerprint density at radius 2 is 1.45 bits per heavy atom. The smallest absolute Gasteiger partial charge is 0.321 e. The minimum atomic E-state index is -4.65. The molecule has 5 rings (SSSR count). The molecule has 1 saturated heterocycles. The zero-order valence-corrected chi connectivity index (χ0v) is 20.0. The summed E-state index contributed by atoms with van der Waals surface area (Å²) in [5.74, 6) is -2.49. The number of amides is 3. The molecule has 10 heteroatoms. The molecule has 5 nitrogen and oxygen atoms in total. The van der Waals surface area contributed by atoms with E-state index in [0.717, 1.165) is 23.5 Å². The summed E-state index contributed by atoms with van der Waals surface area (Å²) in [6.07, 6.45) is -3.89. The summed E-state index contributed by atoms with van der Waals surface area (Å²) in [5, 5.41) is 2.30. The van der Waals surface area contributed by atoms with Gasteiger partial charge < -0.3 is 5.32 Å². The number of para-hydroxylation sites is 2. The van der Waals surface area contributed by atoms with E-state index in [0.29, 0.717) is 0 Å². The maximum absolute atomic E-state index is 13.3. The second kappa shape index (κ2) is 7.94. The monoisotopic (exact) mass is 584 g/mol. The van der Waals surface area contributed by atoms with Gasteiger partial charge in [-0.3, -0.25) is 14.4 Å². The molecule has 0 radical (unpaired) electrons. The Labute approximate surface area is 204 Å². The number of halogens is 5. The number of benzene rings is 2. The largest absolute Gasteiger partial charge is 0.418 e. The standard InChI is InChI=1S/C23H17Br2F3N2O3/c24-18-11-9-12(19(18)25)17-16(11)21(32)30(22(17)33)15-8-4-1-5-10(15)20(31)29-14-7-3-2-6-13(14)23(26,27)28/h1-8,11-12,16-19H,9H2,(H,29,31)/t11-,12-,16-,17-,18+,19+/m1/s1. The van der Waals surface area contributed by atoms with Crippen LogP contribution >= 0.6 is 31.9 Å². The highest BCUT2D eigenvalue weighted by molar-refractivity contribution is 9.12. The van der Waals surface area contributed by atoms with E-state index in [-0.39, 0.29) is 44.6 Å². The van der Waals surface area contributed by atoms with E-state index in [1.54, 1.807) is 6.07 Å². The fourth-order valence-corrected chi connectivity index (χ4v) is 7.35. The summed E-state index contributed by atoms with van der Waals surface area (Å²) in [4.78, 5) is 40.9. The third-order valence-electron chi connectivity index (χ3n) is 6.86. The number of imide groups is 1. The molecule has 0 aromatic heterocycles. The van der Waals surface area contributed by atoms with Gasteiger partial charge in [0.2, 0.25) is 11.8 Å². The van der Waals surface area contributed by atoms with Gasteiger partial charge in [0.05, 0.1) is 34.3 Å². The van der Waals surface area contributed by atoms with Crippen molar-refractivity contribution in [2.75, 3.05) is 10.2 Å². The van der Waals surface area contributed by atoms with Crippen LogP contribution in [0.5, 0.6) is 0 Å². The van der Waals surface area contributed by atoms with Gasteiger partial charge in [-0.25, -0.2) is 4.90 Å². The van der Waals surface area contributed by atoms with E-state index in [4.69, 9.17) is 0 Å². The number of nitrogens with zero attached hydrogens (tertiary/aromatic N) is 1. The highest BCUT2D eigenvalue weighted by atomic mass is 79.9. The Kier molecular flexibility index (Phi) is 5.43. The number of nitrogens with one attached hydrogen (secondary N) is 1. The molecule has 1 N–H and O–H groups in total. The average molecular weight is 586 g/mol. The normalized spacial score (nSPS) is 30.6. The zero-order valence-electron chi connectivity index (χ0n) is 16.9. The molecule has 0 unspecified atom stereocenters. The number of alkyl halides is 5. The van der Waals surface area contributed by atoms with Crippen molar-refractivity contribution >= 4 is 61.0 Å². The van der Waals surface area contributed by atoms with Crippen molar-refractivity contribution in [3.63, 3.8) is 0 Å². The Hall–Kier alpha value is -2.20. The SMILES string of the molecule is O=C(Nc1ccccc1C(F)(F)F)c1ccccc1N1C(=O)[C@@H]2[C@H]3C[C@@H]([C@H](Br)[C@H]3Br)[C@H]2C1=O. The fourth-order valence-electron chi connectivity index (χ4n) is 5.48. The van der Waals surface area contributed by atoms with E-state index >= 15 is 0 Å². The number of carbonyl (C=O) groups excluding carboxylic acids is 3. The van der Waals surface area contributed by atoms with Gasteiger partial charge in [0.25, 0.3) is 5.91 Å². The number of rotatable bonds is 3. The Balaban J connectivity index is 1.48. The van der Waals surface area contributed by atoms with Crippen molar-refractivity contribution in [3.05, 3.63) is 59.7 Å². The predicted molar refractivity (Wildman–Crippen MR) is 122 cm³/mol. The van der Waals surface area contributed by atoms with E-state index in [2.05, 4.69) is 37.2 Å². The van der Waals surface area contributed by atoms with Crippen molar-refractivity contribution in [1.82, 2.24) is 0 Å². The second-order valence-corrected chi connectivity index (χ2v) is 10.6. The quantitative estimate of drug-likeness (QED) is 0.396. The Morgan fingerprint density at radius 1 is 0.909 bits per heavy atom. The number of fused-ring (bicyclic) bond motifs is 5. The third-order valence-corrected chi connectivity index (χ3v) is 10.1. The van der Waals surface area contributed by atoms with Crippen LogP contribution in [0.25, 0.3) is 0 Å². The molecule has 0 spiro atoms. The van der Waals surface area contributed by atoms with Crippen LogP contribution in [-0.2, 0) is 15.8 Å². The summed E-state index contributed by atoms with van der Waals surface area (Å²) in [6.45, 7) is 0. The van der Waals surface area contributed by atoms with Crippen molar-refractivity contribution in [3.8, 4) is 0 Å². The highest BCUT2D eigenvalue weighted by Gasteiger charge is 2.66. The van der Waals surface area contributed by atoms with Crippen LogP contribution in [0.2, 0.25) is 0 Å². The Bertz CT molecular complexity index is 1140. The average Bonchev–Trinajstić information content (AvgIpc) is 3.38. The molecule has 3 aliphatic rings. The maximum atomic E-state index is 13.3. The lowest BCUT2D eigenvalue weighted by atomic mass is 9.81. The molecule has 1 heterocycles. The van der Waals surface area contributed by atoms with Crippen LogP contribution in [0.4, 0.5) is 24.5 Å². The van der Waals surface area contributed by atoms with Crippen LogP contribution < -0.4 is 10.2 Å². The molecule has 2 saturated carbocycles. The molecule has 2 bridgehead atoms. The third kappa shape index (κ3) is 3.44. The van der Waals surface area contributed by atoms with Crippen LogP contribution in [0.15, 0.2) is 48.5 Å². The van der Waals surface area contributed by atoms with E-state index in [1.165, 1.54) is 30.3 Å². The van der Waals surface area contributed by atoms with Crippen LogP contribution in [0.3, 0.4) is 0 Å². The minimum Gasteiger partial charge on any atom is -0.321 e. The number of hydrogen-bond acceptors (Lipinski definition) is 3. The molecule has 33 heavy (non-hydrogen) atoms. The van der Waals surface area contributed by atoms with Crippen molar-refractivity contribution in [2.45, 2.75) is 22.3 Å². The molecule has 6 atom stereocenters. The van der Waals surface area contributed by atoms with Gasteiger partial charge in [-0.05, 0) is 42.5 Å². The van der Waals surface area contributed by atoms with Crippen LogP contribution in [0.1, 0.15) is 22.3 Å². The van der Waals surface area contributed by atoms with Crippen molar-refractivity contribution < 1.29 is 27.6 Å². The van der Waals surface area contributed by atoms with E-state index < -0.39 is 35.2 Å². The van der Waals surface area contributed by atoms with Gasteiger partial charge in [-0.1, -0.05) is 56.1 Å². The molecular formula is C23H17Br2F3N2O3. The van der Waals surface area contributed by atoms with Gasteiger partial charge >= 0.3 is 6.18 Å². The first-order valence-electron chi connectivity index (χ1n) is 10.3. The summed E-state index contributed by atoms with van der Waals surface area (Å²) < 4.78 is 40.0. The highest BCUT2D eigenvalue weighted by Crippen LogP contribution is 2.60. The fraction of sp³-hybridized carbons (Fsp3) is 0.348. The molecule has 2 aliphatic carbocycles. The topological polar surface area (TPSA) is 66.5 Å². The van der Waals surface area contributed by atoms with Gasteiger partial charge in [0.15, 0.2) is 0 Å². The van der Waals surface area contributed by atoms with Crippen molar-refractivity contribution in [1.29, 1.82) is 0 Å². The maximum Gasteiger partial charge on any atom is 0.418 e. The molecule has 2 aromatic carbocycles. The summed E-state index contributed by atoms with van der Waals surface area (Å²) >= 11 is 7.27. The van der Waals surface area contributed by atoms with Gasteiger partial charge in [-0.15, -0.1) is 0 Å². The second-order valence-electron chi connectivity index (χ2n) is 8.53. The molecule has 2 aromatic rings. The van der Waals surface area contributed by atoms with Crippen LogP contribution in [-0.4, -0.2) is 27.4 Å². The van der Waals surface area contributed by atoms with Gasteiger partial charge in [-0.2, -0.15) is 13.2 Å². The molecular weight excluding hydrogens is 569 g/mol. The number of hydrogen-bond donors (Lipinski definition) is 1. The van der Waals surface area contributed by atoms with E-state index in [9.17, 15) is 27.6 Å². The lowest BCUT2D eigenvalue weighted by Gasteiger charge is -2.28. The first-order valence-corrected chi connectivity index (χ1v) is 12.2. The number of anilines is 2. The first kappa shape index (κ1) is 22.6. The summed E-state index contributed by atoms with van der Waals surface area (Å²) in [6, 6.07) is 10.6. The summed E-state index contributed by atoms with van der Waals surface area (Å²) in [5.41, 5.74) is -1.35. The van der Waals surface area contributed by atoms with Gasteiger partial charge in [0.1, 0.15) is 0 Å². The molecule has 3 fully saturated rings. The minimum absolute atomic E-state index is 0.00507. The zero-order chi connectivity index (χ0) is 23.7. The van der Waals surface area contributed by atoms with E-state index in [1.807, 2.05) is 0 Å². The molecule has 3 amide bonds. The predicted octanol–water partition coefficient (Wildman–Crippen LogP) is 5.24. The molecule has 1 aliphatic heterocycles. The lowest BCUT2D eigenvalue weighted by molar-refractivity contribution is -0.137. The van der Waals surface area contributed by atoms with Crippen LogP contribution in [0, 0.1) is 23.7 Å². The Morgan fingerprint density at radius 3 is 2.06 bits per heavy atom. The van der Waals surface area contributed by atoms with Crippen molar-refractivity contribution in [2.24, 2.45) is 23.7 Å². The number of carbonyl (C=O) groups is 3. The lowest BCUT2D eigenvalue weighted by Crippen LogP contribution is -2.37.